The highest BCUT2D eigenvalue weighted by molar-refractivity contribution is 9.09. The summed E-state index contributed by atoms with van der Waals surface area (Å²) in [7, 11) is 1.54. The van der Waals surface area contributed by atoms with Crippen LogP contribution in [0.25, 0.3) is 0 Å². The molecule has 0 spiro atoms. The number of rotatable bonds is 3. The highest BCUT2D eigenvalue weighted by Gasteiger charge is 2.14. The van der Waals surface area contributed by atoms with Gasteiger partial charge in [0.1, 0.15) is 11.5 Å². The van der Waals surface area contributed by atoms with Crippen LogP contribution in [0.1, 0.15) is 17.3 Å². The molecule has 0 aromatic heterocycles. The van der Waals surface area contributed by atoms with Crippen molar-refractivity contribution < 1.29 is 9.53 Å². The van der Waals surface area contributed by atoms with E-state index in [1.807, 2.05) is 0 Å². The van der Waals surface area contributed by atoms with Gasteiger partial charge in [0.2, 0.25) is 0 Å². The quantitative estimate of drug-likeness (QED) is 0.792. The van der Waals surface area contributed by atoms with E-state index in [2.05, 4.69) is 15.9 Å². The lowest BCUT2D eigenvalue weighted by atomic mass is 10.1. The maximum absolute atomic E-state index is 11.1. The number of hydrogen-bond acceptors (Lipinski definition) is 2. The zero-order valence-electron chi connectivity index (χ0n) is 7.88. The Morgan fingerprint density at radius 1 is 1.57 bits per heavy atom. The second kappa shape index (κ2) is 4.80. The molecular weight excluding hydrogens is 267 g/mol. The predicted molar refractivity (Wildman–Crippen MR) is 60.4 cm³/mol. The fraction of sp³-hybridized carbons (Fsp3) is 0.300. The first kappa shape index (κ1) is 11.5. The minimum absolute atomic E-state index is 0.0503. The third-order valence-electron chi connectivity index (χ3n) is 1.82. The van der Waals surface area contributed by atoms with E-state index in [9.17, 15) is 4.79 Å². The van der Waals surface area contributed by atoms with Gasteiger partial charge in [0.15, 0.2) is 0 Å². The average Bonchev–Trinajstić information content (AvgIpc) is 2.17. The fourth-order valence-corrected chi connectivity index (χ4v) is 1.55. The lowest BCUT2D eigenvalue weighted by molar-refractivity contribution is -0.116. The Hall–Kier alpha value is -0.540. The van der Waals surface area contributed by atoms with Crippen molar-refractivity contribution >= 4 is 33.3 Å². The summed E-state index contributed by atoms with van der Waals surface area (Å²) in [6.45, 7) is 1.53. The number of carbonyl (C=O) groups excluding carboxylic acids is 1. The van der Waals surface area contributed by atoms with Crippen molar-refractivity contribution in [3.05, 3.63) is 28.8 Å². The Labute approximate surface area is 96.3 Å². The van der Waals surface area contributed by atoms with Gasteiger partial charge in [0.05, 0.1) is 17.0 Å². The van der Waals surface area contributed by atoms with Crippen molar-refractivity contribution in [1.29, 1.82) is 0 Å². The molecule has 0 aliphatic carbocycles. The predicted octanol–water partition coefficient (Wildman–Crippen LogP) is 3.37. The normalized spacial score (nSPS) is 12.3. The van der Waals surface area contributed by atoms with Crippen LogP contribution in [-0.4, -0.2) is 12.9 Å². The Morgan fingerprint density at radius 3 is 2.71 bits per heavy atom. The summed E-state index contributed by atoms with van der Waals surface area (Å²) >= 11 is 9.15. The largest absolute Gasteiger partial charge is 0.495 e. The van der Waals surface area contributed by atoms with Gasteiger partial charge in [-0.1, -0.05) is 33.6 Å². The molecule has 0 aliphatic rings. The molecule has 1 unspecified atom stereocenters. The Kier molecular flexibility index (Phi) is 3.96. The number of methoxy groups -OCH3 is 1. The van der Waals surface area contributed by atoms with E-state index >= 15 is 0 Å². The molecule has 4 heteroatoms. The van der Waals surface area contributed by atoms with Crippen molar-refractivity contribution in [2.45, 2.75) is 11.8 Å². The number of hydrogen-bond donors (Lipinski definition) is 0. The van der Waals surface area contributed by atoms with Crippen LogP contribution in [0.15, 0.2) is 18.2 Å². The molecule has 1 aromatic carbocycles. The molecule has 1 atom stereocenters. The lowest BCUT2D eigenvalue weighted by Crippen LogP contribution is -2.01. The molecule has 0 amide bonds. The van der Waals surface area contributed by atoms with E-state index < -0.39 is 0 Å². The molecule has 14 heavy (non-hydrogen) atoms. The maximum atomic E-state index is 11.1. The SMILES string of the molecule is COc1cc(C(Br)C(C)=O)ccc1Cl. The third kappa shape index (κ3) is 2.49. The number of alkyl halides is 1. The van der Waals surface area contributed by atoms with Gasteiger partial charge in [-0.05, 0) is 24.6 Å². The van der Waals surface area contributed by atoms with Crippen LogP contribution in [-0.2, 0) is 4.79 Å². The number of Topliss-reactive ketones (excluding diaryl/α,β-unsaturated/α-hetero) is 1. The van der Waals surface area contributed by atoms with Crippen LogP contribution in [0.3, 0.4) is 0 Å². The number of benzene rings is 1. The summed E-state index contributed by atoms with van der Waals surface area (Å²) in [6.07, 6.45) is 0. The van der Waals surface area contributed by atoms with Gasteiger partial charge in [0, 0.05) is 0 Å². The molecule has 2 nitrogen and oxygen atoms in total. The molecule has 0 saturated heterocycles. The van der Waals surface area contributed by atoms with Gasteiger partial charge in [-0.2, -0.15) is 0 Å². The first-order chi connectivity index (χ1) is 6.56. The molecule has 0 aliphatic heterocycles. The van der Waals surface area contributed by atoms with Gasteiger partial charge in [-0.25, -0.2) is 0 Å². The van der Waals surface area contributed by atoms with Crippen LogP contribution >= 0.6 is 27.5 Å². The lowest BCUT2D eigenvalue weighted by Gasteiger charge is -2.09. The van der Waals surface area contributed by atoms with Crippen LogP contribution < -0.4 is 4.74 Å². The summed E-state index contributed by atoms with van der Waals surface area (Å²) in [5, 5.41) is 0.541. The summed E-state index contributed by atoms with van der Waals surface area (Å²) in [4.78, 5) is 10.8. The Balaban J connectivity index is 3.06. The second-order valence-electron chi connectivity index (χ2n) is 2.87. The topological polar surface area (TPSA) is 26.3 Å². The number of ether oxygens (including phenoxy) is 1. The molecule has 0 bridgehead atoms. The van der Waals surface area contributed by atoms with Crippen molar-refractivity contribution in [2.24, 2.45) is 0 Å². The number of ketones is 1. The molecular formula is C10H10BrClO2. The number of halogens is 2. The highest BCUT2D eigenvalue weighted by atomic mass is 79.9. The molecule has 0 N–H and O–H groups in total. The third-order valence-corrected chi connectivity index (χ3v) is 3.31. The number of carbonyl (C=O) groups is 1. The van der Waals surface area contributed by atoms with Crippen LogP contribution in [0.4, 0.5) is 0 Å². The monoisotopic (exact) mass is 276 g/mol. The van der Waals surface area contributed by atoms with Crippen molar-refractivity contribution in [1.82, 2.24) is 0 Å². The van der Waals surface area contributed by atoms with Gasteiger partial charge in [-0.3, -0.25) is 4.79 Å². The minimum atomic E-state index is -0.298. The molecule has 0 radical (unpaired) electrons. The van der Waals surface area contributed by atoms with Crippen LogP contribution in [0.2, 0.25) is 5.02 Å². The van der Waals surface area contributed by atoms with E-state index in [1.165, 1.54) is 6.92 Å². The van der Waals surface area contributed by atoms with Gasteiger partial charge in [0.25, 0.3) is 0 Å². The van der Waals surface area contributed by atoms with E-state index in [4.69, 9.17) is 16.3 Å². The second-order valence-corrected chi connectivity index (χ2v) is 4.19. The first-order valence-corrected chi connectivity index (χ1v) is 5.33. The Bertz CT molecular complexity index is 352. The Morgan fingerprint density at radius 2 is 2.21 bits per heavy atom. The standard InChI is InChI=1S/C10H10BrClO2/c1-6(13)10(11)7-3-4-8(12)9(5-7)14-2/h3-5,10H,1-2H3. The van der Waals surface area contributed by atoms with Crippen molar-refractivity contribution in [3.8, 4) is 5.75 Å². The van der Waals surface area contributed by atoms with E-state index in [0.717, 1.165) is 5.56 Å². The van der Waals surface area contributed by atoms with Gasteiger partial charge < -0.3 is 4.74 Å². The molecule has 0 heterocycles. The average molecular weight is 278 g/mol. The maximum Gasteiger partial charge on any atom is 0.147 e. The van der Waals surface area contributed by atoms with Crippen LogP contribution in [0.5, 0.6) is 5.75 Å². The first-order valence-electron chi connectivity index (χ1n) is 4.04. The summed E-state index contributed by atoms with van der Waals surface area (Å²) in [5.74, 6) is 0.629. The van der Waals surface area contributed by atoms with Gasteiger partial charge in [-0.15, -0.1) is 0 Å². The van der Waals surface area contributed by atoms with Gasteiger partial charge >= 0.3 is 0 Å². The van der Waals surface area contributed by atoms with E-state index in [1.54, 1.807) is 25.3 Å². The minimum Gasteiger partial charge on any atom is -0.495 e. The molecule has 1 rings (SSSR count). The fourth-order valence-electron chi connectivity index (χ4n) is 1.07. The molecule has 76 valence electrons. The van der Waals surface area contributed by atoms with Crippen molar-refractivity contribution in [2.75, 3.05) is 7.11 Å². The molecule has 0 fully saturated rings. The van der Waals surface area contributed by atoms with Crippen molar-refractivity contribution in [3.63, 3.8) is 0 Å². The highest BCUT2D eigenvalue weighted by Crippen LogP contribution is 2.31. The summed E-state index contributed by atoms with van der Waals surface area (Å²) < 4.78 is 5.05. The summed E-state index contributed by atoms with van der Waals surface area (Å²) in [5.41, 5.74) is 0.846. The smallest absolute Gasteiger partial charge is 0.147 e. The zero-order valence-corrected chi connectivity index (χ0v) is 10.2. The molecule has 1 aromatic rings. The molecule has 0 saturated carbocycles. The van der Waals surface area contributed by atoms with E-state index in [-0.39, 0.29) is 10.6 Å². The van der Waals surface area contributed by atoms with E-state index in [0.29, 0.717) is 10.8 Å². The van der Waals surface area contributed by atoms with Crippen LogP contribution in [0, 0.1) is 0 Å². The summed E-state index contributed by atoms with van der Waals surface area (Å²) in [6, 6.07) is 5.27. The zero-order chi connectivity index (χ0) is 10.7.